The second kappa shape index (κ2) is 7.27. The van der Waals surface area contributed by atoms with E-state index in [9.17, 15) is 4.79 Å². The van der Waals surface area contributed by atoms with Gasteiger partial charge < -0.3 is 9.42 Å². The molecule has 1 aliphatic heterocycles. The fourth-order valence-electron chi connectivity index (χ4n) is 3.26. The molecule has 0 aromatic carbocycles. The summed E-state index contributed by atoms with van der Waals surface area (Å²) in [6, 6.07) is 0.0293. The van der Waals surface area contributed by atoms with Crippen LogP contribution < -0.4 is 0 Å². The van der Waals surface area contributed by atoms with Gasteiger partial charge in [0.2, 0.25) is 5.91 Å². The van der Waals surface area contributed by atoms with Crippen molar-refractivity contribution in [3.63, 3.8) is 0 Å². The summed E-state index contributed by atoms with van der Waals surface area (Å²) >= 11 is 0. The van der Waals surface area contributed by atoms with E-state index >= 15 is 0 Å². The SMILES string of the molecule is Cc1noc(C)c1CN(C)C(=O)[C@@H]1CCCCN1CC(C)C. The third-order valence-electron chi connectivity index (χ3n) is 4.45. The Bertz CT molecular complexity index is 491. The molecular formula is C17H29N3O2. The van der Waals surface area contributed by atoms with Crippen molar-refractivity contribution in [1.29, 1.82) is 0 Å². The van der Waals surface area contributed by atoms with E-state index < -0.39 is 0 Å². The number of aromatic nitrogens is 1. The molecule has 0 saturated carbocycles. The molecule has 2 heterocycles. The van der Waals surface area contributed by atoms with Crippen LogP contribution in [0.1, 0.15) is 50.1 Å². The highest BCUT2D eigenvalue weighted by atomic mass is 16.5. The minimum atomic E-state index is 0.0293. The monoisotopic (exact) mass is 307 g/mol. The maximum absolute atomic E-state index is 12.9. The van der Waals surface area contributed by atoms with Crippen LogP contribution in [0.2, 0.25) is 0 Å². The Morgan fingerprint density at radius 2 is 2.14 bits per heavy atom. The normalized spacial score (nSPS) is 19.6. The van der Waals surface area contributed by atoms with E-state index in [4.69, 9.17) is 4.52 Å². The lowest BCUT2D eigenvalue weighted by Crippen LogP contribution is -2.50. The number of likely N-dealkylation sites (tertiary alicyclic amines) is 1. The molecule has 5 heteroatoms. The van der Waals surface area contributed by atoms with Gasteiger partial charge in [-0.2, -0.15) is 0 Å². The molecule has 0 spiro atoms. The van der Waals surface area contributed by atoms with Gasteiger partial charge in [-0.15, -0.1) is 0 Å². The van der Waals surface area contributed by atoms with Crippen LogP contribution in [0.4, 0.5) is 0 Å². The lowest BCUT2D eigenvalue weighted by Gasteiger charge is -2.37. The van der Waals surface area contributed by atoms with Crippen LogP contribution in [0.25, 0.3) is 0 Å². The molecule has 0 N–H and O–H groups in total. The molecule has 1 aliphatic rings. The average molecular weight is 307 g/mol. The minimum absolute atomic E-state index is 0.0293. The van der Waals surface area contributed by atoms with E-state index in [1.54, 1.807) is 0 Å². The predicted molar refractivity (Wildman–Crippen MR) is 86.5 cm³/mol. The van der Waals surface area contributed by atoms with Crippen LogP contribution in [0.15, 0.2) is 4.52 Å². The molecule has 1 atom stereocenters. The molecular weight excluding hydrogens is 278 g/mol. The molecule has 5 nitrogen and oxygen atoms in total. The maximum atomic E-state index is 12.9. The van der Waals surface area contributed by atoms with Crippen molar-refractivity contribution in [2.24, 2.45) is 5.92 Å². The van der Waals surface area contributed by atoms with E-state index in [1.165, 1.54) is 6.42 Å². The molecule has 1 aromatic heterocycles. The summed E-state index contributed by atoms with van der Waals surface area (Å²) in [5, 5.41) is 3.97. The Morgan fingerprint density at radius 3 is 2.73 bits per heavy atom. The molecule has 22 heavy (non-hydrogen) atoms. The number of hydrogen-bond acceptors (Lipinski definition) is 4. The van der Waals surface area contributed by atoms with Gasteiger partial charge in [-0.1, -0.05) is 25.4 Å². The van der Waals surface area contributed by atoms with Gasteiger partial charge in [0.05, 0.1) is 18.3 Å². The van der Waals surface area contributed by atoms with Crippen LogP contribution >= 0.6 is 0 Å². The minimum Gasteiger partial charge on any atom is -0.361 e. The summed E-state index contributed by atoms with van der Waals surface area (Å²) < 4.78 is 5.20. The Labute approximate surface area is 133 Å². The molecule has 1 saturated heterocycles. The first-order valence-electron chi connectivity index (χ1n) is 8.31. The van der Waals surface area contributed by atoms with E-state index in [0.717, 1.165) is 42.9 Å². The first-order chi connectivity index (χ1) is 10.4. The summed E-state index contributed by atoms with van der Waals surface area (Å²) in [5.41, 5.74) is 1.90. The zero-order valence-electron chi connectivity index (χ0n) is 14.6. The van der Waals surface area contributed by atoms with Crippen molar-refractivity contribution in [3.05, 3.63) is 17.0 Å². The van der Waals surface area contributed by atoms with Gasteiger partial charge in [-0.3, -0.25) is 9.69 Å². The number of nitrogens with zero attached hydrogens (tertiary/aromatic N) is 3. The molecule has 1 amide bonds. The Kier molecular flexibility index (Phi) is 5.62. The van der Waals surface area contributed by atoms with Crippen molar-refractivity contribution in [3.8, 4) is 0 Å². The lowest BCUT2D eigenvalue weighted by molar-refractivity contribution is -0.137. The van der Waals surface area contributed by atoms with Gasteiger partial charge >= 0.3 is 0 Å². The smallest absolute Gasteiger partial charge is 0.239 e. The van der Waals surface area contributed by atoms with Crippen LogP contribution in [-0.4, -0.2) is 47.0 Å². The second-order valence-corrected chi connectivity index (χ2v) is 6.90. The number of amides is 1. The van der Waals surface area contributed by atoms with E-state index in [0.29, 0.717) is 12.5 Å². The molecule has 1 aromatic rings. The van der Waals surface area contributed by atoms with Gasteiger partial charge in [0.25, 0.3) is 0 Å². The van der Waals surface area contributed by atoms with Crippen molar-refractivity contribution in [2.75, 3.05) is 20.1 Å². The number of aryl methyl sites for hydroxylation is 2. The van der Waals surface area contributed by atoms with Crippen LogP contribution in [0, 0.1) is 19.8 Å². The highest BCUT2D eigenvalue weighted by Crippen LogP contribution is 2.21. The van der Waals surface area contributed by atoms with Crippen molar-refractivity contribution in [1.82, 2.24) is 15.0 Å². The van der Waals surface area contributed by atoms with Crippen LogP contribution in [0.5, 0.6) is 0 Å². The van der Waals surface area contributed by atoms with Gasteiger partial charge in [-0.05, 0) is 39.2 Å². The molecule has 0 bridgehead atoms. The van der Waals surface area contributed by atoms with Crippen molar-refractivity contribution < 1.29 is 9.32 Å². The summed E-state index contributed by atoms with van der Waals surface area (Å²) in [4.78, 5) is 17.1. The quantitative estimate of drug-likeness (QED) is 0.839. The zero-order valence-corrected chi connectivity index (χ0v) is 14.6. The number of carbonyl (C=O) groups is 1. The molecule has 0 unspecified atom stereocenters. The summed E-state index contributed by atoms with van der Waals surface area (Å²) in [7, 11) is 1.89. The number of carbonyl (C=O) groups excluding carboxylic acids is 1. The molecule has 0 aliphatic carbocycles. The first-order valence-corrected chi connectivity index (χ1v) is 8.31. The predicted octanol–water partition coefficient (Wildman–Crippen LogP) is 2.76. The fraction of sp³-hybridized carbons (Fsp3) is 0.765. The zero-order chi connectivity index (χ0) is 16.3. The topological polar surface area (TPSA) is 49.6 Å². The number of hydrogen-bond donors (Lipinski definition) is 0. The second-order valence-electron chi connectivity index (χ2n) is 6.90. The first kappa shape index (κ1) is 17.0. The van der Waals surface area contributed by atoms with Gasteiger partial charge in [0.15, 0.2) is 0 Å². The third kappa shape index (κ3) is 3.88. The maximum Gasteiger partial charge on any atom is 0.239 e. The fourth-order valence-corrected chi connectivity index (χ4v) is 3.26. The third-order valence-corrected chi connectivity index (χ3v) is 4.45. The van der Waals surface area contributed by atoms with Crippen LogP contribution in [-0.2, 0) is 11.3 Å². The van der Waals surface area contributed by atoms with Crippen molar-refractivity contribution >= 4 is 5.91 Å². The van der Waals surface area contributed by atoms with Gasteiger partial charge in [0.1, 0.15) is 5.76 Å². The van der Waals surface area contributed by atoms with E-state index in [1.807, 2.05) is 25.8 Å². The van der Waals surface area contributed by atoms with Gasteiger partial charge in [0, 0.05) is 19.2 Å². The number of piperidine rings is 1. The molecule has 2 rings (SSSR count). The largest absolute Gasteiger partial charge is 0.361 e. The van der Waals surface area contributed by atoms with E-state index in [2.05, 4.69) is 23.9 Å². The highest BCUT2D eigenvalue weighted by Gasteiger charge is 2.31. The number of rotatable bonds is 5. The highest BCUT2D eigenvalue weighted by molar-refractivity contribution is 5.81. The Morgan fingerprint density at radius 1 is 1.41 bits per heavy atom. The Hall–Kier alpha value is -1.36. The van der Waals surface area contributed by atoms with Crippen molar-refractivity contribution in [2.45, 2.75) is 59.5 Å². The Balaban J connectivity index is 2.04. The summed E-state index contributed by atoms with van der Waals surface area (Å²) in [6.45, 7) is 10.9. The molecule has 1 fully saturated rings. The summed E-state index contributed by atoms with van der Waals surface area (Å²) in [6.07, 6.45) is 3.31. The number of likely N-dealkylation sites (N-methyl/N-ethyl adjacent to an activating group) is 1. The van der Waals surface area contributed by atoms with E-state index in [-0.39, 0.29) is 11.9 Å². The standard InChI is InChI=1S/C17H29N3O2/c1-12(2)10-20-9-7-6-8-16(20)17(21)19(5)11-15-13(3)18-22-14(15)4/h12,16H,6-11H2,1-5H3/t16-/m0/s1. The molecule has 0 radical (unpaired) electrons. The molecule has 124 valence electrons. The van der Waals surface area contributed by atoms with Crippen LogP contribution in [0.3, 0.4) is 0 Å². The summed E-state index contributed by atoms with van der Waals surface area (Å²) in [5.74, 6) is 1.61. The van der Waals surface area contributed by atoms with Gasteiger partial charge in [-0.25, -0.2) is 0 Å². The average Bonchev–Trinajstić information content (AvgIpc) is 2.78. The lowest BCUT2D eigenvalue weighted by atomic mass is 9.99.